The zero-order chi connectivity index (χ0) is 15.6. The number of alkyl halides is 3. The molecule has 0 fully saturated rings. The van der Waals surface area contributed by atoms with Crippen LogP contribution in [-0.4, -0.2) is 16.2 Å². The first kappa shape index (κ1) is 15.6. The summed E-state index contributed by atoms with van der Waals surface area (Å²) < 4.78 is 45.5. The summed E-state index contributed by atoms with van der Waals surface area (Å²) in [5.41, 5.74) is 2.49. The van der Waals surface area contributed by atoms with Crippen LogP contribution in [0.1, 0.15) is 24.0 Å². The van der Waals surface area contributed by atoms with E-state index in [0.29, 0.717) is 23.6 Å². The van der Waals surface area contributed by atoms with E-state index in [1.165, 1.54) is 0 Å². The third-order valence-corrected chi connectivity index (χ3v) is 3.22. The summed E-state index contributed by atoms with van der Waals surface area (Å²) in [7, 11) is 0. The Hall–Kier alpha value is -1.82. The summed E-state index contributed by atoms with van der Waals surface area (Å²) in [6.45, 7) is 5.47. The van der Waals surface area contributed by atoms with Gasteiger partial charge in [-0.05, 0) is 20.8 Å². The Kier molecular flexibility index (Phi) is 4.37. The quantitative estimate of drug-likeness (QED) is 0.846. The zero-order valence-corrected chi connectivity index (χ0v) is 12.2. The smallest absolute Gasteiger partial charge is 0.361 e. The third-order valence-electron chi connectivity index (χ3n) is 3.22. The molecule has 0 saturated carbocycles. The Bertz CT molecular complexity index is 615. The van der Waals surface area contributed by atoms with Gasteiger partial charge in [0.05, 0.1) is 5.69 Å². The number of ether oxygens (including phenoxy) is 1. The van der Waals surface area contributed by atoms with Gasteiger partial charge in [-0.2, -0.15) is 13.2 Å². The minimum atomic E-state index is -4.51. The van der Waals surface area contributed by atoms with Crippen LogP contribution in [0.3, 0.4) is 0 Å². The molecular formula is C15H17F3N2O. The topological polar surface area (TPSA) is 27.1 Å². The van der Waals surface area contributed by atoms with E-state index in [-0.39, 0.29) is 6.73 Å². The number of halogens is 3. The van der Waals surface area contributed by atoms with Crippen LogP contribution in [0.2, 0.25) is 0 Å². The van der Waals surface area contributed by atoms with Gasteiger partial charge < -0.3 is 9.30 Å². The standard InChI is InChI=1S/C15H17F3N2O/c1-4-21-9-20-11(3)13(19-14(20)15(16,17)18)12-7-5-10(2)6-8-12/h5-8H,4,9H2,1-3H3. The maximum absolute atomic E-state index is 13.1. The van der Waals surface area contributed by atoms with Crippen molar-refractivity contribution in [1.82, 2.24) is 9.55 Å². The fourth-order valence-corrected chi connectivity index (χ4v) is 2.08. The number of benzene rings is 1. The molecule has 0 amide bonds. The molecule has 0 bridgehead atoms. The first-order valence-electron chi connectivity index (χ1n) is 6.63. The fraction of sp³-hybridized carbons (Fsp3) is 0.400. The second kappa shape index (κ2) is 5.89. The summed E-state index contributed by atoms with van der Waals surface area (Å²) in [5.74, 6) is -0.927. The first-order valence-corrected chi connectivity index (χ1v) is 6.63. The lowest BCUT2D eigenvalue weighted by Gasteiger charge is -2.11. The molecule has 2 aromatic rings. The van der Waals surface area contributed by atoms with E-state index >= 15 is 0 Å². The van der Waals surface area contributed by atoms with Crippen molar-refractivity contribution >= 4 is 0 Å². The maximum atomic E-state index is 13.1. The first-order chi connectivity index (χ1) is 9.84. The van der Waals surface area contributed by atoms with Gasteiger partial charge in [0.1, 0.15) is 6.73 Å². The molecule has 0 atom stereocenters. The largest absolute Gasteiger partial charge is 0.449 e. The minimum absolute atomic E-state index is 0.157. The van der Waals surface area contributed by atoms with Gasteiger partial charge in [0, 0.05) is 17.9 Å². The summed E-state index contributed by atoms with van der Waals surface area (Å²) in [6, 6.07) is 7.25. The van der Waals surface area contributed by atoms with Crippen LogP contribution in [0.15, 0.2) is 24.3 Å². The molecule has 0 unspecified atom stereocenters. The Morgan fingerprint density at radius 1 is 1.14 bits per heavy atom. The summed E-state index contributed by atoms with van der Waals surface area (Å²) >= 11 is 0. The molecular weight excluding hydrogens is 281 g/mol. The minimum Gasteiger partial charge on any atom is -0.361 e. The van der Waals surface area contributed by atoms with E-state index in [0.717, 1.165) is 10.1 Å². The van der Waals surface area contributed by atoms with Gasteiger partial charge in [-0.3, -0.25) is 0 Å². The van der Waals surface area contributed by atoms with Crippen molar-refractivity contribution < 1.29 is 17.9 Å². The molecule has 0 aliphatic rings. The maximum Gasteiger partial charge on any atom is 0.449 e. The molecule has 2 rings (SSSR count). The molecule has 1 aromatic carbocycles. The molecule has 1 aromatic heterocycles. The molecule has 0 radical (unpaired) electrons. The van der Waals surface area contributed by atoms with Crippen molar-refractivity contribution in [1.29, 1.82) is 0 Å². The third kappa shape index (κ3) is 3.26. The van der Waals surface area contributed by atoms with Crippen LogP contribution in [0, 0.1) is 13.8 Å². The molecule has 21 heavy (non-hydrogen) atoms. The summed E-state index contributed by atoms with van der Waals surface area (Å²) in [5, 5.41) is 0. The highest BCUT2D eigenvalue weighted by Crippen LogP contribution is 2.33. The highest BCUT2D eigenvalue weighted by atomic mass is 19.4. The van der Waals surface area contributed by atoms with E-state index in [2.05, 4.69) is 4.98 Å². The van der Waals surface area contributed by atoms with Crippen LogP contribution in [0.25, 0.3) is 11.3 Å². The Morgan fingerprint density at radius 2 is 1.76 bits per heavy atom. The molecule has 0 N–H and O–H groups in total. The van der Waals surface area contributed by atoms with Crippen LogP contribution in [-0.2, 0) is 17.6 Å². The monoisotopic (exact) mass is 298 g/mol. The predicted octanol–water partition coefficient (Wildman–Crippen LogP) is 4.18. The van der Waals surface area contributed by atoms with Crippen LogP contribution < -0.4 is 0 Å². The van der Waals surface area contributed by atoms with E-state index in [4.69, 9.17) is 4.74 Å². The van der Waals surface area contributed by atoms with Crippen molar-refractivity contribution in [3.8, 4) is 11.3 Å². The lowest BCUT2D eigenvalue weighted by atomic mass is 10.1. The zero-order valence-electron chi connectivity index (χ0n) is 12.2. The average molecular weight is 298 g/mol. The van der Waals surface area contributed by atoms with Crippen LogP contribution >= 0.6 is 0 Å². The summed E-state index contributed by atoms with van der Waals surface area (Å²) in [4.78, 5) is 3.79. The molecule has 3 nitrogen and oxygen atoms in total. The van der Waals surface area contributed by atoms with Gasteiger partial charge in [0.2, 0.25) is 5.82 Å². The lowest BCUT2D eigenvalue weighted by Crippen LogP contribution is -2.17. The van der Waals surface area contributed by atoms with E-state index in [1.54, 1.807) is 26.0 Å². The summed E-state index contributed by atoms with van der Waals surface area (Å²) in [6.07, 6.45) is -4.51. The van der Waals surface area contributed by atoms with Crippen molar-refractivity contribution in [2.45, 2.75) is 33.7 Å². The number of aryl methyl sites for hydroxylation is 1. The second-order valence-electron chi connectivity index (χ2n) is 4.78. The highest BCUT2D eigenvalue weighted by Gasteiger charge is 2.38. The molecule has 0 saturated heterocycles. The molecule has 0 spiro atoms. The Morgan fingerprint density at radius 3 is 2.29 bits per heavy atom. The second-order valence-corrected chi connectivity index (χ2v) is 4.78. The Balaban J connectivity index is 2.52. The van der Waals surface area contributed by atoms with Gasteiger partial charge in [0.25, 0.3) is 0 Å². The van der Waals surface area contributed by atoms with Gasteiger partial charge in [0.15, 0.2) is 0 Å². The van der Waals surface area contributed by atoms with Gasteiger partial charge >= 0.3 is 6.18 Å². The number of hydrogen-bond donors (Lipinski definition) is 0. The van der Waals surface area contributed by atoms with Crippen molar-refractivity contribution in [2.24, 2.45) is 0 Å². The number of nitrogens with zero attached hydrogens (tertiary/aromatic N) is 2. The van der Waals surface area contributed by atoms with Crippen LogP contribution in [0.4, 0.5) is 13.2 Å². The normalized spacial score (nSPS) is 11.9. The SMILES string of the molecule is CCOCn1c(C(F)(F)F)nc(-c2ccc(C)cc2)c1C. The molecule has 114 valence electrons. The fourth-order valence-electron chi connectivity index (χ4n) is 2.08. The lowest BCUT2D eigenvalue weighted by molar-refractivity contribution is -0.149. The average Bonchev–Trinajstić information content (AvgIpc) is 2.74. The van der Waals surface area contributed by atoms with Crippen LogP contribution in [0.5, 0.6) is 0 Å². The molecule has 0 aliphatic heterocycles. The highest BCUT2D eigenvalue weighted by molar-refractivity contribution is 5.62. The van der Waals surface area contributed by atoms with Gasteiger partial charge in [-0.25, -0.2) is 4.98 Å². The van der Waals surface area contributed by atoms with Crippen molar-refractivity contribution in [3.05, 3.63) is 41.3 Å². The van der Waals surface area contributed by atoms with E-state index in [9.17, 15) is 13.2 Å². The van der Waals surface area contributed by atoms with E-state index < -0.39 is 12.0 Å². The number of imidazole rings is 1. The number of hydrogen-bond acceptors (Lipinski definition) is 2. The predicted molar refractivity (Wildman–Crippen MR) is 73.8 cm³/mol. The molecule has 6 heteroatoms. The molecule has 1 heterocycles. The number of rotatable bonds is 4. The Labute approximate surface area is 121 Å². The number of aromatic nitrogens is 2. The van der Waals surface area contributed by atoms with Gasteiger partial charge in [-0.15, -0.1) is 0 Å². The van der Waals surface area contributed by atoms with Crippen molar-refractivity contribution in [2.75, 3.05) is 6.61 Å². The van der Waals surface area contributed by atoms with E-state index in [1.807, 2.05) is 19.1 Å². The molecule has 0 aliphatic carbocycles. The van der Waals surface area contributed by atoms with Crippen molar-refractivity contribution in [3.63, 3.8) is 0 Å². The van der Waals surface area contributed by atoms with Gasteiger partial charge in [-0.1, -0.05) is 29.8 Å².